The lowest BCUT2D eigenvalue weighted by Crippen LogP contribution is -2.24. The first-order chi connectivity index (χ1) is 4.79. The summed E-state index contributed by atoms with van der Waals surface area (Å²) in [5.74, 6) is 0.965. The Kier molecular flexibility index (Phi) is 5.96. The second kappa shape index (κ2) is 5.88. The van der Waals surface area contributed by atoms with Crippen molar-refractivity contribution < 1.29 is 0 Å². The molecule has 1 heterocycles. The summed E-state index contributed by atoms with van der Waals surface area (Å²) in [6, 6.07) is 0. The van der Waals surface area contributed by atoms with Gasteiger partial charge in [0.2, 0.25) is 0 Å². The smallest absolute Gasteiger partial charge is 0.00187 e. The van der Waals surface area contributed by atoms with E-state index >= 15 is 0 Å². The summed E-state index contributed by atoms with van der Waals surface area (Å²) in [6.45, 7) is 10.9. The SMILES string of the molecule is C=C.CC1CCN(P)CC1. The van der Waals surface area contributed by atoms with Crippen molar-refractivity contribution in [3.05, 3.63) is 13.2 Å². The predicted octanol–water partition coefficient (Wildman–Crippen LogP) is 2.31. The minimum atomic E-state index is 0.965. The van der Waals surface area contributed by atoms with E-state index in [4.69, 9.17) is 0 Å². The van der Waals surface area contributed by atoms with Crippen LogP contribution in [0.3, 0.4) is 0 Å². The predicted molar refractivity (Wildman–Crippen MR) is 50.9 cm³/mol. The summed E-state index contributed by atoms with van der Waals surface area (Å²) in [4.78, 5) is 0. The second-order valence-corrected chi connectivity index (χ2v) is 3.45. The molecule has 1 atom stereocenters. The highest BCUT2D eigenvalue weighted by atomic mass is 31.0. The van der Waals surface area contributed by atoms with E-state index in [0.29, 0.717) is 0 Å². The minimum absolute atomic E-state index is 0.965. The first-order valence-electron chi connectivity index (χ1n) is 3.78. The lowest BCUT2D eigenvalue weighted by Gasteiger charge is -2.25. The zero-order valence-corrected chi connectivity index (χ0v) is 8.00. The molecule has 0 N–H and O–H groups in total. The van der Waals surface area contributed by atoms with Gasteiger partial charge in [0.25, 0.3) is 0 Å². The fourth-order valence-corrected chi connectivity index (χ4v) is 1.33. The van der Waals surface area contributed by atoms with Gasteiger partial charge in [-0.05, 0) is 18.8 Å². The van der Waals surface area contributed by atoms with Crippen molar-refractivity contribution in [1.29, 1.82) is 0 Å². The van der Waals surface area contributed by atoms with Gasteiger partial charge in [0.15, 0.2) is 0 Å². The summed E-state index contributed by atoms with van der Waals surface area (Å²) >= 11 is 0. The van der Waals surface area contributed by atoms with Gasteiger partial charge in [0.1, 0.15) is 0 Å². The van der Waals surface area contributed by atoms with Gasteiger partial charge in [0.05, 0.1) is 0 Å². The van der Waals surface area contributed by atoms with E-state index in [9.17, 15) is 0 Å². The highest BCUT2D eigenvalue weighted by Crippen LogP contribution is 2.17. The zero-order valence-electron chi connectivity index (χ0n) is 6.84. The Balaban J connectivity index is 0.000000371. The molecule has 0 aliphatic carbocycles. The molecule has 0 aromatic heterocycles. The van der Waals surface area contributed by atoms with E-state index < -0.39 is 0 Å². The zero-order chi connectivity index (χ0) is 7.98. The van der Waals surface area contributed by atoms with Crippen LogP contribution in [0, 0.1) is 5.92 Å². The molecule has 0 radical (unpaired) electrons. The van der Waals surface area contributed by atoms with E-state index in [1.165, 1.54) is 25.9 Å². The van der Waals surface area contributed by atoms with E-state index in [-0.39, 0.29) is 0 Å². The Morgan fingerprint density at radius 2 is 1.70 bits per heavy atom. The van der Waals surface area contributed by atoms with Crippen molar-refractivity contribution in [2.24, 2.45) is 5.92 Å². The molecule has 0 bridgehead atoms. The fourth-order valence-electron chi connectivity index (χ4n) is 1.03. The maximum Gasteiger partial charge on any atom is 0.00187 e. The van der Waals surface area contributed by atoms with Crippen LogP contribution >= 0.6 is 9.39 Å². The Hall–Kier alpha value is 0.130. The van der Waals surface area contributed by atoms with E-state index in [1.54, 1.807) is 0 Å². The van der Waals surface area contributed by atoms with Crippen molar-refractivity contribution >= 4 is 9.39 Å². The van der Waals surface area contributed by atoms with Crippen LogP contribution in [0.5, 0.6) is 0 Å². The van der Waals surface area contributed by atoms with E-state index in [1.807, 2.05) is 0 Å². The van der Waals surface area contributed by atoms with Gasteiger partial charge in [-0.2, -0.15) is 0 Å². The number of nitrogens with zero attached hydrogens (tertiary/aromatic N) is 1. The molecular weight excluding hydrogens is 141 g/mol. The third kappa shape index (κ3) is 4.03. The molecule has 10 heavy (non-hydrogen) atoms. The molecule has 0 aromatic rings. The van der Waals surface area contributed by atoms with Crippen molar-refractivity contribution in [2.75, 3.05) is 13.1 Å². The summed E-state index contributed by atoms with van der Waals surface area (Å²) in [5, 5.41) is 0. The highest BCUT2D eigenvalue weighted by molar-refractivity contribution is 7.13. The largest absolute Gasteiger partial charge is 0.287 e. The topological polar surface area (TPSA) is 3.24 Å². The molecule has 1 nitrogen and oxygen atoms in total. The molecule has 2 heteroatoms. The lowest BCUT2D eigenvalue weighted by atomic mass is 10.0. The molecule has 1 rings (SSSR count). The van der Waals surface area contributed by atoms with Crippen LogP contribution < -0.4 is 0 Å². The first kappa shape index (κ1) is 10.1. The maximum absolute atomic E-state index is 3.00. The minimum Gasteiger partial charge on any atom is -0.287 e. The van der Waals surface area contributed by atoms with Gasteiger partial charge in [-0.25, -0.2) is 0 Å². The van der Waals surface area contributed by atoms with Crippen molar-refractivity contribution in [3.63, 3.8) is 0 Å². The number of hydrogen-bond donors (Lipinski definition) is 0. The van der Waals surface area contributed by atoms with Gasteiger partial charge in [-0.3, -0.25) is 4.67 Å². The van der Waals surface area contributed by atoms with Crippen LogP contribution in [0.15, 0.2) is 13.2 Å². The molecule has 1 aliphatic heterocycles. The Morgan fingerprint density at radius 1 is 1.30 bits per heavy atom. The number of piperidine rings is 1. The third-order valence-corrected chi connectivity index (χ3v) is 2.33. The van der Waals surface area contributed by atoms with Crippen molar-refractivity contribution in [1.82, 2.24) is 4.67 Å². The number of rotatable bonds is 0. The number of hydrogen-bond acceptors (Lipinski definition) is 1. The highest BCUT2D eigenvalue weighted by Gasteiger charge is 2.10. The summed E-state index contributed by atoms with van der Waals surface area (Å²) in [7, 11) is 2.76. The first-order valence-corrected chi connectivity index (χ1v) is 4.30. The maximum atomic E-state index is 3.00. The molecule has 1 aliphatic rings. The standard InChI is InChI=1S/C6H14NP.C2H4/c1-6-2-4-7(8)5-3-6;1-2/h6H,2-5,8H2,1H3;1-2H2. The van der Waals surface area contributed by atoms with Crippen LogP contribution in [-0.2, 0) is 0 Å². The average molecular weight is 159 g/mol. The molecule has 0 spiro atoms. The second-order valence-electron chi connectivity index (χ2n) is 2.72. The molecule has 0 amide bonds. The Labute approximate surface area is 66.8 Å². The quantitative estimate of drug-likeness (QED) is 0.387. The van der Waals surface area contributed by atoms with Gasteiger partial charge in [-0.1, -0.05) is 16.3 Å². The normalized spacial score (nSPS) is 21.4. The summed E-state index contributed by atoms with van der Waals surface area (Å²) in [5.41, 5.74) is 0. The molecule has 1 unspecified atom stereocenters. The molecular formula is C8H18NP. The average Bonchev–Trinajstić information content (AvgIpc) is 2.00. The van der Waals surface area contributed by atoms with Gasteiger partial charge < -0.3 is 0 Å². The van der Waals surface area contributed by atoms with Crippen LogP contribution in [0.25, 0.3) is 0 Å². The summed E-state index contributed by atoms with van der Waals surface area (Å²) < 4.78 is 2.32. The van der Waals surface area contributed by atoms with E-state index in [0.717, 1.165) is 5.92 Å². The van der Waals surface area contributed by atoms with Crippen molar-refractivity contribution in [2.45, 2.75) is 19.8 Å². The molecule has 0 saturated carbocycles. The Morgan fingerprint density at radius 3 is 2.00 bits per heavy atom. The monoisotopic (exact) mass is 159 g/mol. The van der Waals surface area contributed by atoms with Crippen LogP contribution in [0.4, 0.5) is 0 Å². The van der Waals surface area contributed by atoms with Crippen LogP contribution in [0.1, 0.15) is 19.8 Å². The van der Waals surface area contributed by atoms with Gasteiger partial charge in [0, 0.05) is 13.1 Å². The van der Waals surface area contributed by atoms with Crippen LogP contribution in [0.2, 0.25) is 0 Å². The van der Waals surface area contributed by atoms with E-state index in [2.05, 4.69) is 34.1 Å². The van der Waals surface area contributed by atoms with Gasteiger partial charge in [-0.15, -0.1) is 13.2 Å². The lowest BCUT2D eigenvalue weighted by molar-refractivity contribution is 0.307. The molecule has 1 saturated heterocycles. The molecule has 60 valence electrons. The molecule has 0 aromatic carbocycles. The van der Waals surface area contributed by atoms with Crippen LogP contribution in [-0.4, -0.2) is 17.8 Å². The van der Waals surface area contributed by atoms with Crippen molar-refractivity contribution in [3.8, 4) is 0 Å². The summed E-state index contributed by atoms with van der Waals surface area (Å²) in [6.07, 6.45) is 2.76. The van der Waals surface area contributed by atoms with Gasteiger partial charge >= 0.3 is 0 Å². The Bertz CT molecular complexity index is 67.3. The molecule has 1 fully saturated rings. The third-order valence-electron chi connectivity index (χ3n) is 1.82. The fraction of sp³-hybridized carbons (Fsp3) is 0.750.